The van der Waals surface area contributed by atoms with Crippen LogP contribution in [0.25, 0.3) is 11.5 Å². The zero-order valence-corrected chi connectivity index (χ0v) is 13.7. The summed E-state index contributed by atoms with van der Waals surface area (Å²) in [4.78, 5) is 27.5. The lowest BCUT2D eigenvalue weighted by Gasteiger charge is -1.96. The maximum atomic E-state index is 12.1. The highest BCUT2D eigenvalue weighted by molar-refractivity contribution is 7.14. The van der Waals surface area contributed by atoms with E-state index in [0.717, 1.165) is 0 Å². The van der Waals surface area contributed by atoms with Crippen LogP contribution in [0.15, 0.2) is 32.7 Å². The van der Waals surface area contributed by atoms with Gasteiger partial charge in [-0.05, 0) is 6.07 Å². The van der Waals surface area contributed by atoms with Crippen LogP contribution < -0.4 is 11.1 Å². The van der Waals surface area contributed by atoms with Crippen molar-refractivity contribution < 1.29 is 18.5 Å². The highest BCUT2D eigenvalue weighted by Gasteiger charge is 2.17. The van der Waals surface area contributed by atoms with Crippen molar-refractivity contribution in [1.82, 2.24) is 10.1 Å². The summed E-state index contributed by atoms with van der Waals surface area (Å²) in [6.07, 6.45) is 1.26. The zero-order chi connectivity index (χ0) is 17.3. The molecule has 24 heavy (non-hydrogen) atoms. The predicted octanol–water partition coefficient (Wildman–Crippen LogP) is 2.87. The van der Waals surface area contributed by atoms with E-state index in [1.165, 1.54) is 23.7 Å². The molecular formula is C15H14N4O4S. The molecule has 8 nitrogen and oxygen atoms in total. The number of primary amides is 1. The van der Waals surface area contributed by atoms with Gasteiger partial charge in [0.1, 0.15) is 17.7 Å². The first kappa shape index (κ1) is 15.9. The number of carbonyl (C=O) groups excluding carboxylic acids is 2. The van der Waals surface area contributed by atoms with Crippen LogP contribution in [0.3, 0.4) is 0 Å². The second-order valence-electron chi connectivity index (χ2n) is 5.33. The molecule has 0 saturated heterocycles. The number of anilines is 1. The van der Waals surface area contributed by atoms with Gasteiger partial charge in [-0.1, -0.05) is 19.0 Å². The summed E-state index contributed by atoms with van der Waals surface area (Å²) in [7, 11) is 0. The molecule has 0 aliphatic carbocycles. The maximum absolute atomic E-state index is 12.1. The predicted molar refractivity (Wildman–Crippen MR) is 86.9 cm³/mol. The van der Waals surface area contributed by atoms with Crippen LogP contribution in [0.1, 0.15) is 46.4 Å². The van der Waals surface area contributed by atoms with Crippen LogP contribution in [-0.2, 0) is 0 Å². The first-order valence-corrected chi connectivity index (χ1v) is 7.94. The molecule has 0 aliphatic rings. The topological polar surface area (TPSA) is 124 Å². The smallest absolute Gasteiger partial charge is 0.279 e. The van der Waals surface area contributed by atoms with E-state index in [9.17, 15) is 9.59 Å². The Labute approximate surface area is 140 Å². The molecule has 3 N–H and O–H groups in total. The second-order valence-corrected chi connectivity index (χ2v) is 6.18. The Morgan fingerprint density at radius 3 is 2.75 bits per heavy atom. The van der Waals surface area contributed by atoms with Gasteiger partial charge in [-0.3, -0.25) is 14.9 Å². The maximum Gasteiger partial charge on any atom is 0.279 e. The number of hydrogen-bond acceptors (Lipinski definition) is 7. The SMILES string of the molecule is CC(C)c1cc(C(=O)Nc2nc(-c3cc(C(N)=O)co3)cs2)no1. The van der Waals surface area contributed by atoms with E-state index in [2.05, 4.69) is 15.5 Å². The molecule has 3 aromatic heterocycles. The van der Waals surface area contributed by atoms with Gasteiger partial charge in [0.05, 0.1) is 5.56 Å². The molecule has 3 heterocycles. The number of carbonyl (C=O) groups is 2. The molecule has 0 aliphatic heterocycles. The van der Waals surface area contributed by atoms with E-state index in [1.54, 1.807) is 11.4 Å². The summed E-state index contributed by atoms with van der Waals surface area (Å²) in [5.74, 6) is 0.173. The van der Waals surface area contributed by atoms with Crippen LogP contribution in [0, 0.1) is 0 Å². The van der Waals surface area contributed by atoms with Gasteiger partial charge in [-0.15, -0.1) is 11.3 Å². The van der Waals surface area contributed by atoms with Crippen LogP contribution >= 0.6 is 11.3 Å². The zero-order valence-electron chi connectivity index (χ0n) is 12.9. The van der Waals surface area contributed by atoms with Gasteiger partial charge in [0.15, 0.2) is 16.6 Å². The molecular weight excluding hydrogens is 332 g/mol. The van der Waals surface area contributed by atoms with Gasteiger partial charge >= 0.3 is 0 Å². The molecule has 3 aromatic rings. The summed E-state index contributed by atoms with van der Waals surface area (Å²) in [5, 5.41) is 8.46. The fraction of sp³-hybridized carbons (Fsp3) is 0.200. The Hall–Kier alpha value is -2.94. The van der Waals surface area contributed by atoms with Crippen molar-refractivity contribution in [2.24, 2.45) is 5.73 Å². The monoisotopic (exact) mass is 346 g/mol. The average Bonchev–Trinajstić information content (AvgIpc) is 3.26. The molecule has 0 fully saturated rings. The Kier molecular flexibility index (Phi) is 4.17. The number of thiazole rings is 1. The minimum Gasteiger partial charge on any atom is -0.462 e. The third-order valence-electron chi connectivity index (χ3n) is 3.19. The van der Waals surface area contributed by atoms with Gasteiger partial charge < -0.3 is 14.7 Å². The van der Waals surface area contributed by atoms with Crippen LogP contribution in [0.5, 0.6) is 0 Å². The van der Waals surface area contributed by atoms with E-state index >= 15 is 0 Å². The van der Waals surface area contributed by atoms with Gasteiger partial charge in [0, 0.05) is 17.4 Å². The number of furan rings is 1. The van der Waals surface area contributed by atoms with Crippen molar-refractivity contribution in [1.29, 1.82) is 0 Å². The lowest BCUT2D eigenvalue weighted by Crippen LogP contribution is -2.11. The molecule has 0 aromatic carbocycles. The summed E-state index contributed by atoms with van der Waals surface area (Å²) in [6, 6.07) is 3.09. The van der Waals surface area contributed by atoms with E-state index < -0.39 is 11.8 Å². The highest BCUT2D eigenvalue weighted by atomic mass is 32.1. The first-order valence-electron chi connectivity index (χ1n) is 7.06. The minimum atomic E-state index is -0.583. The van der Waals surface area contributed by atoms with Crippen LogP contribution in [-0.4, -0.2) is 22.0 Å². The number of rotatable bonds is 5. The van der Waals surface area contributed by atoms with Crippen molar-refractivity contribution in [2.75, 3.05) is 5.32 Å². The molecule has 0 saturated carbocycles. The van der Waals surface area contributed by atoms with Crippen LogP contribution in [0.2, 0.25) is 0 Å². The van der Waals surface area contributed by atoms with Crippen molar-refractivity contribution >= 4 is 28.3 Å². The van der Waals surface area contributed by atoms with E-state index in [1.807, 2.05) is 13.8 Å². The van der Waals surface area contributed by atoms with Crippen molar-refractivity contribution in [2.45, 2.75) is 19.8 Å². The van der Waals surface area contributed by atoms with Crippen molar-refractivity contribution in [3.63, 3.8) is 0 Å². The fourth-order valence-corrected chi connectivity index (χ4v) is 2.57. The number of aromatic nitrogens is 2. The Balaban J connectivity index is 1.73. The third-order valence-corrected chi connectivity index (χ3v) is 3.95. The van der Waals surface area contributed by atoms with E-state index in [0.29, 0.717) is 22.3 Å². The molecule has 3 rings (SSSR count). The Morgan fingerprint density at radius 2 is 2.12 bits per heavy atom. The van der Waals surface area contributed by atoms with Crippen molar-refractivity contribution in [3.8, 4) is 11.5 Å². The molecule has 0 bridgehead atoms. The average molecular weight is 346 g/mol. The van der Waals surface area contributed by atoms with Crippen LogP contribution in [0.4, 0.5) is 5.13 Å². The Bertz CT molecular complexity index is 893. The number of nitrogens with zero attached hydrogens (tertiary/aromatic N) is 2. The second kappa shape index (κ2) is 6.28. The van der Waals surface area contributed by atoms with E-state index in [4.69, 9.17) is 14.7 Å². The fourth-order valence-electron chi connectivity index (χ4n) is 1.87. The molecule has 2 amide bonds. The highest BCUT2D eigenvalue weighted by Crippen LogP contribution is 2.27. The Morgan fingerprint density at radius 1 is 1.33 bits per heavy atom. The molecule has 124 valence electrons. The molecule has 0 radical (unpaired) electrons. The third kappa shape index (κ3) is 3.20. The summed E-state index contributed by atoms with van der Waals surface area (Å²) in [5.41, 5.74) is 6.11. The molecule has 0 unspecified atom stereocenters. The number of hydrogen-bond donors (Lipinski definition) is 2. The van der Waals surface area contributed by atoms with Gasteiger partial charge in [-0.2, -0.15) is 0 Å². The van der Waals surface area contributed by atoms with Gasteiger partial charge in [0.25, 0.3) is 11.8 Å². The molecule has 9 heteroatoms. The van der Waals surface area contributed by atoms with E-state index in [-0.39, 0.29) is 17.2 Å². The summed E-state index contributed by atoms with van der Waals surface area (Å²) < 4.78 is 10.3. The van der Waals surface area contributed by atoms with Gasteiger partial charge in [-0.25, -0.2) is 4.98 Å². The lowest BCUT2D eigenvalue weighted by molar-refractivity contribution is 0.0996. The standard InChI is InChI=1S/C15H14N4O4S/c1-7(2)11-4-9(19-23-11)14(21)18-15-17-10(6-24-15)12-3-8(5-22-12)13(16)20/h3-7H,1-2H3,(H2,16,20)(H,17,18,21). The van der Waals surface area contributed by atoms with Gasteiger partial charge in [0.2, 0.25) is 0 Å². The lowest BCUT2D eigenvalue weighted by atomic mass is 10.1. The minimum absolute atomic E-state index is 0.143. The molecule has 0 spiro atoms. The quantitative estimate of drug-likeness (QED) is 0.732. The number of nitrogens with one attached hydrogen (secondary N) is 1. The summed E-state index contributed by atoms with van der Waals surface area (Å²) in [6.45, 7) is 3.89. The number of nitrogens with two attached hydrogens (primary N) is 1. The molecule has 0 atom stereocenters. The summed E-state index contributed by atoms with van der Waals surface area (Å²) >= 11 is 1.22. The van der Waals surface area contributed by atoms with Crippen molar-refractivity contribution in [3.05, 3.63) is 40.8 Å². The largest absolute Gasteiger partial charge is 0.462 e. The first-order chi connectivity index (χ1) is 11.4. The normalized spacial score (nSPS) is 11.0. The number of amides is 2.